The van der Waals surface area contributed by atoms with Crippen molar-refractivity contribution in [3.05, 3.63) is 42.0 Å². The summed E-state index contributed by atoms with van der Waals surface area (Å²) in [5.41, 5.74) is 0.873. The number of alkyl halides is 3. The van der Waals surface area contributed by atoms with E-state index in [0.717, 1.165) is 5.56 Å². The van der Waals surface area contributed by atoms with E-state index in [1.54, 1.807) is 19.1 Å². The van der Waals surface area contributed by atoms with Crippen molar-refractivity contribution >= 4 is 5.91 Å². The third kappa shape index (κ3) is 4.29. The van der Waals surface area contributed by atoms with Crippen LogP contribution in [0.15, 0.2) is 30.9 Å². The van der Waals surface area contributed by atoms with Gasteiger partial charge in [-0.2, -0.15) is 13.2 Å². The summed E-state index contributed by atoms with van der Waals surface area (Å²) in [6.07, 6.45) is -3.21. The minimum atomic E-state index is -4.46. The fraction of sp³-hybridized carbons (Fsp3) is 0.357. The lowest BCUT2D eigenvalue weighted by atomic mass is 10.1. The average Bonchev–Trinajstić information content (AvgIpc) is 2.36. The molecule has 0 atom stereocenters. The summed E-state index contributed by atoms with van der Waals surface area (Å²) in [5, 5.41) is 0. The maximum absolute atomic E-state index is 12.5. The van der Waals surface area contributed by atoms with Crippen molar-refractivity contribution in [1.82, 2.24) is 4.90 Å². The zero-order valence-corrected chi connectivity index (χ0v) is 11.3. The number of methoxy groups -OCH3 is 1. The lowest BCUT2D eigenvalue weighted by molar-refractivity contribution is -0.139. The van der Waals surface area contributed by atoms with Gasteiger partial charge in [-0.1, -0.05) is 17.7 Å². The maximum atomic E-state index is 12.5. The molecule has 0 aliphatic rings. The van der Waals surface area contributed by atoms with Gasteiger partial charge in [0.2, 0.25) is 0 Å². The molecule has 0 bridgehead atoms. The number of hydrogen-bond donors (Lipinski definition) is 0. The molecule has 0 unspecified atom stereocenters. The van der Waals surface area contributed by atoms with Crippen LogP contribution in [0.5, 0.6) is 5.75 Å². The van der Waals surface area contributed by atoms with E-state index in [4.69, 9.17) is 4.74 Å². The lowest BCUT2D eigenvalue weighted by Gasteiger charge is -2.23. The minimum Gasteiger partial charge on any atom is -0.496 e. The highest BCUT2D eigenvalue weighted by molar-refractivity contribution is 5.97. The minimum absolute atomic E-state index is 0.110. The van der Waals surface area contributed by atoms with E-state index >= 15 is 0 Å². The van der Waals surface area contributed by atoms with Crippen molar-refractivity contribution in [2.45, 2.75) is 13.1 Å². The predicted molar refractivity (Wildman–Crippen MR) is 69.9 cm³/mol. The van der Waals surface area contributed by atoms with Crippen molar-refractivity contribution in [1.29, 1.82) is 0 Å². The number of nitrogens with zero attached hydrogens (tertiary/aromatic N) is 1. The Morgan fingerprint density at radius 2 is 2.10 bits per heavy atom. The normalized spacial score (nSPS) is 11.1. The standard InChI is InChI=1S/C14H16F3NO2/c1-4-7-18(9-14(15,16)17)13(19)11-8-10(2)5-6-12(11)20-3/h4-6,8H,1,7,9H2,2-3H3. The molecule has 0 aromatic heterocycles. The molecule has 0 aliphatic heterocycles. The van der Waals surface area contributed by atoms with Gasteiger partial charge in [-0.3, -0.25) is 4.79 Å². The summed E-state index contributed by atoms with van der Waals surface area (Å²) in [6, 6.07) is 4.78. The Kier molecular flexibility index (Phi) is 5.19. The molecular weight excluding hydrogens is 271 g/mol. The number of carbonyl (C=O) groups excluding carboxylic acids is 1. The first-order valence-corrected chi connectivity index (χ1v) is 5.90. The van der Waals surface area contributed by atoms with E-state index < -0.39 is 18.6 Å². The summed E-state index contributed by atoms with van der Waals surface area (Å²) in [6.45, 7) is 3.61. The van der Waals surface area contributed by atoms with Crippen molar-refractivity contribution in [3.63, 3.8) is 0 Å². The maximum Gasteiger partial charge on any atom is 0.406 e. The van der Waals surface area contributed by atoms with Gasteiger partial charge >= 0.3 is 6.18 Å². The molecule has 1 aromatic rings. The third-order valence-electron chi connectivity index (χ3n) is 2.59. The van der Waals surface area contributed by atoms with Crippen LogP contribution < -0.4 is 4.74 Å². The Labute approximate surface area is 115 Å². The number of amides is 1. The highest BCUT2D eigenvalue weighted by atomic mass is 19.4. The quantitative estimate of drug-likeness (QED) is 0.778. The number of aryl methyl sites for hydroxylation is 1. The molecular formula is C14H16F3NO2. The zero-order chi connectivity index (χ0) is 15.3. The number of rotatable bonds is 5. The highest BCUT2D eigenvalue weighted by Crippen LogP contribution is 2.24. The van der Waals surface area contributed by atoms with Crippen LogP contribution >= 0.6 is 0 Å². The average molecular weight is 287 g/mol. The fourth-order valence-electron chi connectivity index (χ4n) is 1.75. The zero-order valence-electron chi connectivity index (χ0n) is 11.3. The Morgan fingerprint density at radius 1 is 1.45 bits per heavy atom. The smallest absolute Gasteiger partial charge is 0.406 e. The summed E-state index contributed by atoms with van der Waals surface area (Å²) >= 11 is 0. The van der Waals surface area contributed by atoms with Gasteiger partial charge in [-0.15, -0.1) is 6.58 Å². The number of carbonyl (C=O) groups is 1. The van der Waals surface area contributed by atoms with Gasteiger partial charge in [-0.05, 0) is 19.1 Å². The van der Waals surface area contributed by atoms with Gasteiger partial charge in [0.05, 0.1) is 12.7 Å². The molecule has 0 saturated carbocycles. The van der Waals surface area contributed by atoms with Gasteiger partial charge in [0.15, 0.2) is 0 Å². The fourth-order valence-corrected chi connectivity index (χ4v) is 1.75. The van der Waals surface area contributed by atoms with Gasteiger partial charge in [0.25, 0.3) is 5.91 Å². The van der Waals surface area contributed by atoms with Crippen molar-refractivity contribution in [2.75, 3.05) is 20.2 Å². The lowest BCUT2D eigenvalue weighted by Crippen LogP contribution is -2.39. The van der Waals surface area contributed by atoms with E-state index in [0.29, 0.717) is 4.90 Å². The van der Waals surface area contributed by atoms with Crippen molar-refractivity contribution in [2.24, 2.45) is 0 Å². The van der Waals surface area contributed by atoms with Gasteiger partial charge in [0.1, 0.15) is 12.3 Å². The van der Waals surface area contributed by atoms with Crippen molar-refractivity contribution < 1.29 is 22.7 Å². The van der Waals surface area contributed by atoms with E-state index in [1.165, 1.54) is 19.3 Å². The van der Waals surface area contributed by atoms with Gasteiger partial charge < -0.3 is 9.64 Å². The summed E-state index contributed by atoms with van der Waals surface area (Å²) in [5.74, 6) is -0.486. The van der Waals surface area contributed by atoms with Crippen LogP contribution in [0.4, 0.5) is 13.2 Å². The second kappa shape index (κ2) is 6.45. The Morgan fingerprint density at radius 3 is 2.60 bits per heavy atom. The first kappa shape index (κ1) is 16.1. The molecule has 1 rings (SSSR count). The van der Waals surface area contributed by atoms with Crippen LogP contribution in [0.3, 0.4) is 0 Å². The third-order valence-corrected chi connectivity index (χ3v) is 2.59. The monoisotopic (exact) mass is 287 g/mol. The van der Waals surface area contributed by atoms with Crippen LogP contribution in [0.2, 0.25) is 0 Å². The van der Waals surface area contributed by atoms with Gasteiger partial charge in [0, 0.05) is 6.54 Å². The van der Waals surface area contributed by atoms with E-state index in [-0.39, 0.29) is 17.9 Å². The SMILES string of the molecule is C=CCN(CC(F)(F)F)C(=O)c1cc(C)ccc1OC. The molecule has 3 nitrogen and oxygen atoms in total. The molecule has 110 valence electrons. The molecule has 1 aromatic carbocycles. The largest absolute Gasteiger partial charge is 0.496 e. The van der Waals surface area contributed by atoms with Crippen LogP contribution in [0, 0.1) is 6.92 Å². The first-order chi connectivity index (χ1) is 9.28. The van der Waals surface area contributed by atoms with Crippen molar-refractivity contribution in [3.8, 4) is 5.75 Å². The molecule has 0 fully saturated rings. The molecule has 0 N–H and O–H groups in total. The van der Waals surface area contributed by atoms with E-state index in [2.05, 4.69) is 6.58 Å². The molecule has 6 heteroatoms. The van der Waals surface area contributed by atoms with E-state index in [1.807, 2.05) is 0 Å². The number of benzene rings is 1. The molecule has 0 heterocycles. The summed E-state index contributed by atoms with van der Waals surface area (Å²) in [4.78, 5) is 12.9. The number of halogens is 3. The molecule has 0 radical (unpaired) electrons. The summed E-state index contributed by atoms with van der Waals surface area (Å²) < 4.78 is 42.5. The Balaban J connectivity index is 3.11. The summed E-state index contributed by atoms with van der Waals surface area (Å²) in [7, 11) is 1.36. The molecule has 0 saturated heterocycles. The molecule has 0 spiro atoms. The second-order valence-electron chi connectivity index (χ2n) is 4.29. The Hall–Kier alpha value is -1.98. The van der Waals surface area contributed by atoms with Crippen LogP contribution in [-0.2, 0) is 0 Å². The second-order valence-corrected chi connectivity index (χ2v) is 4.29. The van der Waals surface area contributed by atoms with Crippen LogP contribution in [-0.4, -0.2) is 37.2 Å². The highest BCUT2D eigenvalue weighted by Gasteiger charge is 2.33. The van der Waals surface area contributed by atoms with Crippen LogP contribution in [0.1, 0.15) is 15.9 Å². The number of hydrogen-bond acceptors (Lipinski definition) is 2. The van der Waals surface area contributed by atoms with E-state index in [9.17, 15) is 18.0 Å². The number of ether oxygens (including phenoxy) is 1. The van der Waals surface area contributed by atoms with Crippen LogP contribution in [0.25, 0.3) is 0 Å². The molecule has 1 amide bonds. The molecule has 20 heavy (non-hydrogen) atoms. The predicted octanol–water partition coefficient (Wildman–Crippen LogP) is 3.19. The van der Waals surface area contributed by atoms with Gasteiger partial charge in [-0.25, -0.2) is 0 Å². The Bertz CT molecular complexity index is 498. The molecule has 0 aliphatic carbocycles. The topological polar surface area (TPSA) is 29.5 Å². The first-order valence-electron chi connectivity index (χ1n) is 5.90.